The van der Waals surface area contributed by atoms with Crippen LogP contribution in [-0.2, 0) is 0 Å². The molecule has 23 heavy (non-hydrogen) atoms. The molecule has 0 fully saturated rings. The Morgan fingerprint density at radius 1 is 0.652 bits per heavy atom. The van der Waals surface area contributed by atoms with E-state index in [1.165, 1.54) is 0 Å². The van der Waals surface area contributed by atoms with Crippen LogP contribution in [-0.4, -0.2) is 11.8 Å². The molecule has 2 rings (SSSR count). The van der Waals surface area contributed by atoms with Crippen molar-refractivity contribution in [1.29, 1.82) is 0 Å². The molecular weight excluding hydrogens is 323 g/mol. The van der Waals surface area contributed by atoms with Gasteiger partial charge in [0.15, 0.2) is 23.3 Å². The van der Waals surface area contributed by atoms with Gasteiger partial charge in [0.1, 0.15) is 5.56 Å². The van der Waals surface area contributed by atoms with E-state index in [1.807, 2.05) is 6.07 Å². The fourth-order valence-corrected chi connectivity index (χ4v) is 1.42. The summed E-state index contributed by atoms with van der Waals surface area (Å²) in [6.45, 7) is 0. The van der Waals surface area contributed by atoms with Gasteiger partial charge in [-0.25, -0.2) is 22.0 Å². The van der Waals surface area contributed by atoms with Gasteiger partial charge in [-0.15, -0.1) is 0 Å². The van der Waals surface area contributed by atoms with E-state index in [9.17, 15) is 31.5 Å². The van der Waals surface area contributed by atoms with E-state index in [0.29, 0.717) is 5.56 Å². The molecule has 4 N–H and O–H groups in total. The lowest BCUT2D eigenvalue weighted by Gasteiger charge is -2.03. The van der Waals surface area contributed by atoms with Crippen molar-refractivity contribution in [1.82, 2.24) is 0 Å². The van der Waals surface area contributed by atoms with E-state index < -0.39 is 40.6 Å². The number of halogens is 5. The van der Waals surface area contributed by atoms with E-state index in [2.05, 4.69) is 5.73 Å². The highest BCUT2D eigenvalue weighted by Crippen LogP contribution is 2.22. The van der Waals surface area contributed by atoms with E-state index in [-0.39, 0.29) is 5.91 Å². The Bertz CT molecular complexity index is 722. The zero-order valence-electron chi connectivity index (χ0n) is 11.2. The molecule has 0 aliphatic rings. The Morgan fingerprint density at radius 3 is 1.35 bits per heavy atom. The molecule has 0 aliphatic carbocycles. The lowest BCUT2D eigenvalue weighted by Crippen LogP contribution is -2.19. The lowest BCUT2D eigenvalue weighted by molar-refractivity contribution is 0.0984. The number of nitrogens with two attached hydrogens (primary N) is 2. The maximum absolute atomic E-state index is 12.6. The summed E-state index contributed by atoms with van der Waals surface area (Å²) in [4.78, 5) is 20.8. The molecule has 0 aromatic heterocycles. The number of carbonyl (C=O) groups excluding carboxylic acids is 2. The van der Waals surface area contributed by atoms with Crippen LogP contribution in [0.15, 0.2) is 30.3 Å². The maximum atomic E-state index is 12.6. The Morgan fingerprint density at radius 2 is 1.04 bits per heavy atom. The number of primary amides is 2. The average Bonchev–Trinajstić information content (AvgIpc) is 2.52. The number of benzene rings is 2. The van der Waals surface area contributed by atoms with Crippen LogP contribution in [0, 0.1) is 29.1 Å². The summed E-state index contributed by atoms with van der Waals surface area (Å²) in [5.41, 5.74) is 8.32. The third-order valence-corrected chi connectivity index (χ3v) is 2.51. The average molecular weight is 332 g/mol. The number of carbonyl (C=O) groups is 2. The van der Waals surface area contributed by atoms with Gasteiger partial charge in [0.05, 0.1) is 0 Å². The topological polar surface area (TPSA) is 86.2 Å². The SMILES string of the molecule is NC(=O)c1c(F)c(F)c(F)c(F)c1F.NC(=O)c1ccccc1. The zero-order valence-corrected chi connectivity index (χ0v) is 11.2. The molecule has 4 nitrogen and oxygen atoms in total. The molecule has 0 saturated carbocycles. The molecule has 0 aliphatic heterocycles. The van der Waals surface area contributed by atoms with Crippen molar-refractivity contribution in [2.24, 2.45) is 11.5 Å². The number of amides is 2. The van der Waals surface area contributed by atoms with E-state index >= 15 is 0 Å². The van der Waals surface area contributed by atoms with Crippen molar-refractivity contribution < 1.29 is 31.5 Å². The van der Waals surface area contributed by atoms with E-state index in [4.69, 9.17) is 5.73 Å². The van der Waals surface area contributed by atoms with Crippen LogP contribution >= 0.6 is 0 Å². The summed E-state index contributed by atoms with van der Waals surface area (Å²) < 4.78 is 62.4. The highest BCUT2D eigenvalue weighted by molar-refractivity contribution is 5.93. The number of rotatable bonds is 2. The largest absolute Gasteiger partial charge is 0.366 e. The van der Waals surface area contributed by atoms with Crippen molar-refractivity contribution >= 4 is 11.8 Å². The van der Waals surface area contributed by atoms with Gasteiger partial charge in [0, 0.05) is 5.56 Å². The molecule has 0 spiro atoms. The van der Waals surface area contributed by atoms with E-state index in [0.717, 1.165) is 0 Å². The summed E-state index contributed by atoms with van der Waals surface area (Å²) >= 11 is 0. The summed E-state index contributed by atoms with van der Waals surface area (Å²) in [7, 11) is 0. The summed E-state index contributed by atoms with van der Waals surface area (Å²) in [5.74, 6) is -13.3. The standard InChI is InChI=1S/C7H2F5NO.C7H7NO/c8-2-1(7(13)14)3(9)5(11)6(12)4(2)10;8-7(9)6-4-2-1-3-5-6/h(H2,13,14);1-5H,(H2,8,9). The minimum Gasteiger partial charge on any atom is -0.366 e. The second kappa shape index (κ2) is 7.34. The molecule has 0 atom stereocenters. The van der Waals surface area contributed by atoms with Gasteiger partial charge in [0.2, 0.25) is 11.7 Å². The molecule has 122 valence electrons. The molecule has 2 aromatic rings. The highest BCUT2D eigenvalue weighted by Gasteiger charge is 2.28. The van der Waals surface area contributed by atoms with Crippen LogP contribution in [0.1, 0.15) is 20.7 Å². The zero-order chi connectivity index (χ0) is 17.7. The van der Waals surface area contributed by atoms with Crippen LogP contribution in [0.5, 0.6) is 0 Å². The molecule has 9 heteroatoms. The monoisotopic (exact) mass is 332 g/mol. The Kier molecular flexibility index (Phi) is 5.77. The molecule has 0 bridgehead atoms. The minimum absolute atomic E-state index is 0.379. The Labute approximate surface area is 126 Å². The molecule has 0 heterocycles. The Balaban J connectivity index is 0.000000253. The normalized spacial score (nSPS) is 9.78. The van der Waals surface area contributed by atoms with Crippen LogP contribution < -0.4 is 11.5 Å². The van der Waals surface area contributed by atoms with Gasteiger partial charge in [-0.1, -0.05) is 18.2 Å². The van der Waals surface area contributed by atoms with Crippen molar-refractivity contribution in [2.45, 2.75) is 0 Å². The molecule has 2 aromatic carbocycles. The summed E-state index contributed by atoms with van der Waals surface area (Å²) in [5, 5.41) is 0. The lowest BCUT2D eigenvalue weighted by atomic mass is 10.1. The van der Waals surface area contributed by atoms with Crippen molar-refractivity contribution in [3.63, 3.8) is 0 Å². The molecular formula is C14H9F5N2O2. The van der Waals surface area contributed by atoms with E-state index in [1.54, 1.807) is 24.3 Å². The maximum Gasteiger partial charge on any atom is 0.254 e. The predicted molar refractivity (Wildman–Crippen MR) is 69.7 cm³/mol. The van der Waals surface area contributed by atoms with Crippen molar-refractivity contribution in [3.05, 3.63) is 70.5 Å². The Hall–Kier alpha value is -2.97. The summed E-state index contributed by atoms with van der Waals surface area (Å²) in [6.07, 6.45) is 0. The third-order valence-electron chi connectivity index (χ3n) is 2.51. The van der Waals surface area contributed by atoms with Gasteiger partial charge in [-0.3, -0.25) is 9.59 Å². The quantitative estimate of drug-likeness (QED) is 0.502. The van der Waals surface area contributed by atoms with Crippen molar-refractivity contribution in [2.75, 3.05) is 0 Å². The predicted octanol–water partition coefficient (Wildman–Crippen LogP) is 2.27. The van der Waals surface area contributed by atoms with Gasteiger partial charge in [0.25, 0.3) is 5.91 Å². The van der Waals surface area contributed by atoms with Crippen molar-refractivity contribution in [3.8, 4) is 0 Å². The first kappa shape index (κ1) is 18.1. The minimum atomic E-state index is -2.33. The first-order chi connectivity index (χ1) is 10.7. The fraction of sp³-hybridized carbons (Fsp3) is 0. The highest BCUT2D eigenvalue weighted by atomic mass is 19.2. The first-order valence-electron chi connectivity index (χ1n) is 5.84. The summed E-state index contributed by atoms with van der Waals surface area (Å²) in [6, 6.07) is 8.76. The molecule has 0 radical (unpaired) electrons. The van der Waals surface area contributed by atoms with Gasteiger partial charge < -0.3 is 11.5 Å². The number of hydrogen-bond donors (Lipinski definition) is 2. The second-order valence-corrected chi connectivity index (χ2v) is 4.04. The van der Waals surface area contributed by atoms with Gasteiger partial charge in [-0.05, 0) is 12.1 Å². The molecule has 2 amide bonds. The first-order valence-corrected chi connectivity index (χ1v) is 5.84. The third kappa shape index (κ3) is 4.02. The van der Waals surface area contributed by atoms with Crippen LogP contribution in [0.3, 0.4) is 0 Å². The van der Waals surface area contributed by atoms with Gasteiger partial charge in [-0.2, -0.15) is 0 Å². The molecule has 0 saturated heterocycles. The van der Waals surface area contributed by atoms with Crippen LogP contribution in [0.2, 0.25) is 0 Å². The van der Waals surface area contributed by atoms with Crippen LogP contribution in [0.25, 0.3) is 0 Å². The second-order valence-electron chi connectivity index (χ2n) is 4.04. The fourth-order valence-electron chi connectivity index (χ4n) is 1.42. The molecule has 0 unspecified atom stereocenters. The van der Waals surface area contributed by atoms with Crippen LogP contribution in [0.4, 0.5) is 22.0 Å². The van der Waals surface area contributed by atoms with Gasteiger partial charge >= 0.3 is 0 Å². The smallest absolute Gasteiger partial charge is 0.254 e. The number of hydrogen-bond acceptors (Lipinski definition) is 2.